The predicted molar refractivity (Wildman–Crippen MR) is 163 cm³/mol. The summed E-state index contributed by atoms with van der Waals surface area (Å²) in [7, 11) is -2.92. The number of alkyl halides is 3. The molecule has 1 saturated carbocycles. The number of ether oxygens (including phenoxy) is 2. The molecule has 7 nitrogen and oxygen atoms in total. The Kier molecular flexibility index (Phi) is 9.03. The van der Waals surface area contributed by atoms with E-state index < -0.39 is 56.2 Å². The van der Waals surface area contributed by atoms with E-state index in [1.54, 1.807) is 17.0 Å². The molecule has 13 heteroatoms. The van der Waals surface area contributed by atoms with Crippen LogP contribution in [0.4, 0.5) is 22.0 Å². The Hall–Kier alpha value is -4.00. The summed E-state index contributed by atoms with van der Waals surface area (Å²) in [5.41, 5.74) is -0.792. The Morgan fingerprint density at radius 3 is 2.29 bits per heavy atom. The van der Waals surface area contributed by atoms with Gasteiger partial charge in [0.25, 0.3) is 0 Å². The average molecular weight is 692 g/mol. The molecule has 0 spiro atoms. The van der Waals surface area contributed by atoms with Crippen LogP contribution in [0.3, 0.4) is 0 Å². The third-order valence-corrected chi connectivity index (χ3v) is 12.7. The molecule has 3 aromatic rings. The van der Waals surface area contributed by atoms with Crippen LogP contribution < -0.4 is 4.74 Å². The zero-order valence-electron chi connectivity index (χ0n) is 26.1. The summed E-state index contributed by atoms with van der Waals surface area (Å²) in [6, 6.07) is 11.0. The van der Waals surface area contributed by atoms with Gasteiger partial charge in [-0.05, 0) is 105 Å². The van der Waals surface area contributed by atoms with E-state index in [0.717, 1.165) is 30.3 Å². The molecule has 3 aromatic carbocycles. The molecule has 48 heavy (non-hydrogen) atoms. The third-order valence-electron chi connectivity index (χ3n) is 10.2. The van der Waals surface area contributed by atoms with Gasteiger partial charge in [0.15, 0.2) is 9.84 Å². The van der Waals surface area contributed by atoms with Gasteiger partial charge in [0, 0.05) is 18.0 Å². The molecule has 6 rings (SSSR count). The predicted octanol–water partition coefficient (Wildman–Crippen LogP) is 6.76. The number of methoxy groups -OCH3 is 1. The lowest BCUT2D eigenvalue weighted by molar-refractivity contribution is -0.149. The van der Waals surface area contributed by atoms with E-state index in [9.17, 15) is 40.0 Å². The smallest absolute Gasteiger partial charge is 0.416 e. The Bertz CT molecular complexity index is 1820. The molecule has 2 fully saturated rings. The highest BCUT2D eigenvalue weighted by Crippen LogP contribution is 2.54. The maximum Gasteiger partial charge on any atom is 0.416 e. The first-order valence-corrected chi connectivity index (χ1v) is 17.3. The number of hydrogen-bond acceptors (Lipinski definition) is 6. The summed E-state index contributed by atoms with van der Waals surface area (Å²) in [6.45, 7) is -0.547. The van der Waals surface area contributed by atoms with E-state index in [1.807, 2.05) is 0 Å². The highest BCUT2D eigenvalue weighted by molar-refractivity contribution is 7.92. The molecular formula is C35H34F5NO6S. The van der Waals surface area contributed by atoms with Crippen molar-refractivity contribution in [3.05, 3.63) is 94.6 Å². The second-order valence-corrected chi connectivity index (χ2v) is 14.8. The summed E-state index contributed by atoms with van der Waals surface area (Å²) >= 11 is 0. The van der Waals surface area contributed by atoms with Crippen LogP contribution in [0.2, 0.25) is 0 Å². The van der Waals surface area contributed by atoms with Crippen molar-refractivity contribution in [2.24, 2.45) is 11.8 Å². The molecule has 0 aromatic heterocycles. The number of amides is 1. The number of carbonyl (C=O) groups is 2. The van der Waals surface area contributed by atoms with Gasteiger partial charge >= 0.3 is 12.1 Å². The highest BCUT2D eigenvalue weighted by atomic mass is 32.2. The molecule has 1 amide bonds. The minimum atomic E-state index is -4.79. The van der Waals surface area contributed by atoms with Crippen LogP contribution in [0.15, 0.2) is 65.6 Å². The fraction of sp³-hybridized carbons (Fsp3) is 0.429. The monoisotopic (exact) mass is 691 g/mol. The lowest BCUT2D eigenvalue weighted by atomic mass is 9.77. The Labute approximate surface area is 274 Å². The molecule has 256 valence electrons. The molecular weight excluding hydrogens is 657 g/mol. The van der Waals surface area contributed by atoms with Gasteiger partial charge in [-0.15, -0.1) is 0 Å². The number of sulfone groups is 1. The second-order valence-electron chi connectivity index (χ2n) is 12.6. The number of hydrogen-bond donors (Lipinski definition) is 0. The SMILES string of the molecule is COC(=O)C1CCC(C(=O)N2CC[C@@]3(S(=O)(=O)c4ccc(F)cc4)c4ccc(OCc5c(F)cccc5C(F)(F)F)cc4CC[C@@H]23)CC1. The molecule has 2 aliphatic carbocycles. The maximum absolute atomic E-state index is 14.6. The molecule has 3 aliphatic rings. The quantitative estimate of drug-likeness (QED) is 0.155. The van der Waals surface area contributed by atoms with Gasteiger partial charge in [-0.2, -0.15) is 13.2 Å². The fourth-order valence-electron chi connectivity index (χ4n) is 7.79. The number of carbonyl (C=O) groups excluding carboxylic acids is 2. The van der Waals surface area contributed by atoms with Gasteiger partial charge in [0.1, 0.15) is 28.7 Å². The van der Waals surface area contributed by atoms with Gasteiger partial charge < -0.3 is 14.4 Å². The lowest BCUT2D eigenvalue weighted by Crippen LogP contribution is -2.53. The Morgan fingerprint density at radius 1 is 0.938 bits per heavy atom. The van der Waals surface area contributed by atoms with Crippen molar-refractivity contribution in [1.29, 1.82) is 0 Å². The number of halogens is 5. The van der Waals surface area contributed by atoms with Crippen LogP contribution in [0.1, 0.15) is 60.8 Å². The first-order chi connectivity index (χ1) is 22.8. The standard InChI is InChI=1S/C35H34F5NO6S/c1-46-33(43)22-7-5-21(6-8-22)32(42)41-18-17-34(48(44,45)26-13-10-24(36)11-14-26)28-15-12-25(19-23(28)9-16-31(34)41)47-20-27-29(35(38,39)40)3-2-4-30(27)37/h2-4,10-15,19,21-22,31H,5-9,16-18,20H2,1H3/t21?,22?,31-,34-/m1/s1. The molecule has 0 unspecified atom stereocenters. The number of nitrogens with zero attached hydrogens (tertiary/aromatic N) is 1. The zero-order chi connectivity index (χ0) is 34.4. The van der Waals surface area contributed by atoms with Gasteiger partial charge in [-0.25, -0.2) is 17.2 Å². The van der Waals surface area contributed by atoms with Crippen molar-refractivity contribution in [2.45, 2.75) is 73.4 Å². The van der Waals surface area contributed by atoms with Crippen molar-refractivity contribution >= 4 is 21.7 Å². The number of rotatable bonds is 7. The third kappa shape index (κ3) is 5.83. The minimum absolute atomic E-state index is 0.0675. The fourth-order valence-corrected chi connectivity index (χ4v) is 10.2. The number of fused-ring (bicyclic) bond motifs is 3. The van der Waals surface area contributed by atoms with Gasteiger partial charge in [-0.3, -0.25) is 9.59 Å². The van der Waals surface area contributed by atoms with Gasteiger partial charge in [-0.1, -0.05) is 12.1 Å². The van der Waals surface area contributed by atoms with Crippen LogP contribution in [0, 0.1) is 23.5 Å². The lowest BCUT2D eigenvalue weighted by Gasteiger charge is -2.43. The van der Waals surface area contributed by atoms with Crippen LogP contribution in [-0.4, -0.2) is 44.9 Å². The highest BCUT2D eigenvalue weighted by Gasteiger charge is 2.61. The second kappa shape index (κ2) is 12.8. The van der Waals surface area contributed by atoms with Crippen LogP contribution in [-0.2, 0) is 48.1 Å². The van der Waals surface area contributed by atoms with E-state index in [2.05, 4.69) is 0 Å². The maximum atomic E-state index is 14.6. The van der Waals surface area contributed by atoms with Crippen LogP contribution >= 0.6 is 0 Å². The summed E-state index contributed by atoms with van der Waals surface area (Å²) in [5, 5.41) is 0. The van der Waals surface area contributed by atoms with E-state index in [-0.39, 0.29) is 53.7 Å². The normalized spacial score (nSPS) is 24.0. The molecule has 1 saturated heterocycles. The van der Waals surface area contributed by atoms with Gasteiger partial charge in [0.05, 0.1) is 29.5 Å². The van der Waals surface area contributed by atoms with Crippen molar-refractivity contribution in [2.75, 3.05) is 13.7 Å². The summed E-state index contributed by atoms with van der Waals surface area (Å²) in [6.07, 6.45) is -2.20. The molecule has 0 radical (unpaired) electrons. The topological polar surface area (TPSA) is 90.0 Å². The van der Waals surface area contributed by atoms with E-state index in [0.29, 0.717) is 43.2 Å². The Morgan fingerprint density at radius 2 is 1.62 bits per heavy atom. The zero-order valence-corrected chi connectivity index (χ0v) is 26.9. The first-order valence-electron chi connectivity index (χ1n) is 15.8. The molecule has 0 bridgehead atoms. The van der Waals surface area contributed by atoms with Crippen molar-refractivity contribution in [3.63, 3.8) is 0 Å². The number of likely N-dealkylation sites (tertiary alicyclic amines) is 1. The summed E-state index contributed by atoms with van der Waals surface area (Å²) < 4.78 is 107. The first kappa shape index (κ1) is 33.9. The van der Waals surface area contributed by atoms with Crippen molar-refractivity contribution in [3.8, 4) is 5.75 Å². The average Bonchev–Trinajstić information content (AvgIpc) is 3.48. The van der Waals surface area contributed by atoms with E-state index >= 15 is 0 Å². The van der Waals surface area contributed by atoms with E-state index in [1.165, 1.54) is 25.3 Å². The van der Waals surface area contributed by atoms with Crippen molar-refractivity contribution < 1.29 is 49.4 Å². The Balaban J connectivity index is 1.33. The number of esters is 1. The van der Waals surface area contributed by atoms with Crippen LogP contribution in [0.5, 0.6) is 5.75 Å². The summed E-state index contributed by atoms with van der Waals surface area (Å²) in [5.74, 6) is -2.69. The molecule has 0 N–H and O–H groups in total. The van der Waals surface area contributed by atoms with Crippen LogP contribution in [0.25, 0.3) is 0 Å². The largest absolute Gasteiger partial charge is 0.489 e. The van der Waals surface area contributed by atoms with Gasteiger partial charge in [0.2, 0.25) is 5.91 Å². The number of aryl methyl sites for hydroxylation is 1. The van der Waals surface area contributed by atoms with Crippen molar-refractivity contribution in [1.82, 2.24) is 4.90 Å². The molecule has 2 atom stereocenters. The number of benzene rings is 3. The molecule has 1 heterocycles. The molecule has 1 aliphatic heterocycles. The summed E-state index contributed by atoms with van der Waals surface area (Å²) in [4.78, 5) is 27.6. The minimum Gasteiger partial charge on any atom is -0.489 e. The van der Waals surface area contributed by atoms with E-state index in [4.69, 9.17) is 9.47 Å².